The van der Waals surface area contributed by atoms with Crippen molar-refractivity contribution in [2.24, 2.45) is 28.6 Å². The van der Waals surface area contributed by atoms with Gasteiger partial charge < -0.3 is 33.0 Å². The first-order chi connectivity index (χ1) is 35.6. The third-order valence-electron chi connectivity index (χ3n) is 15.6. The molecule has 0 bridgehead atoms. The third kappa shape index (κ3) is 14.2. The summed E-state index contributed by atoms with van der Waals surface area (Å²) in [7, 11) is 0. The molecule has 2 aliphatic heterocycles. The Morgan fingerprint density at radius 3 is 1.44 bits per heavy atom. The van der Waals surface area contributed by atoms with Gasteiger partial charge in [0.2, 0.25) is 0 Å². The van der Waals surface area contributed by atoms with Crippen molar-refractivity contribution in [2.75, 3.05) is 39.6 Å². The fourth-order valence-electron chi connectivity index (χ4n) is 10.3. The summed E-state index contributed by atoms with van der Waals surface area (Å²) >= 11 is 3.62. The van der Waals surface area contributed by atoms with Crippen LogP contribution in [0.5, 0.6) is 34.5 Å². The van der Waals surface area contributed by atoms with Crippen molar-refractivity contribution in [3.05, 3.63) is 59.0 Å². The molecule has 2 aromatic carbocycles. The summed E-state index contributed by atoms with van der Waals surface area (Å²) in [6, 6.07) is 18.3. The van der Waals surface area contributed by atoms with Gasteiger partial charge in [0, 0.05) is 33.9 Å². The summed E-state index contributed by atoms with van der Waals surface area (Å²) in [5, 5.41) is 0. The van der Waals surface area contributed by atoms with Gasteiger partial charge in [-0.1, -0.05) is 175 Å². The topological polar surface area (TPSA) is 60.3 Å². The summed E-state index contributed by atoms with van der Waals surface area (Å²) in [5.74, 6) is 6.69. The number of hydrogen-bond donors (Lipinski definition) is 0. The molecule has 0 fully saturated rings. The van der Waals surface area contributed by atoms with Crippen LogP contribution < -0.4 is 28.4 Å². The number of aromatic nitrogens is 1. The van der Waals surface area contributed by atoms with Crippen molar-refractivity contribution in [3.63, 3.8) is 0 Å². The van der Waals surface area contributed by atoms with E-state index in [-0.39, 0.29) is 21.7 Å². The zero-order valence-electron chi connectivity index (χ0n) is 49.5. The number of fused-ring (bicyclic) bond motifs is 2. The highest BCUT2D eigenvalue weighted by atomic mass is 32.1. The second kappa shape index (κ2) is 25.1. The van der Waals surface area contributed by atoms with E-state index in [0.717, 1.165) is 109 Å². The average molecular weight is 1060 g/mol. The number of ether oxygens (including phenoxy) is 6. The Balaban J connectivity index is 1.45. The number of unbranched alkanes of at least 4 members (excludes halogenated alkanes) is 3. The number of benzene rings is 2. The van der Waals surface area contributed by atoms with Crippen LogP contribution in [0.15, 0.2) is 48.5 Å². The molecule has 3 atom stereocenters. The highest BCUT2D eigenvalue weighted by molar-refractivity contribution is 7.19. The molecule has 5 aromatic rings. The van der Waals surface area contributed by atoms with Crippen molar-refractivity contribution in [3.8, 4) is 77.2 Å². The Morgan fingerprint density at radius 2 is 0.960 bits per heavy atom. The molecular formula is C66H97NO6S2. The maximum atomic E-state index is 7.09. The van der Waals surface area contributed by atoms with Crippen LogP contribution in [0.1, 0.15) is 198 Å². The monoisotopic (exact) mass is 1060 g/mol. The van der Waals surface area contributed by atoms with E-state index >= 15 is 0 Å². The molecule has 414 valence electrons. The van der Waals surface area contributed by atoms with Gasteiger partial charge in [0.1, 0.15) is 11.5 Å². The molecule has 3 aromatic heterocycles. The molecular weight excluding hydrogens is 967 g/mol. The molecule has 0 N–H and O–H groups in total. The number of thiophene rings is 2. The first-order valence-corrected chi connectivity index (χ1v) is 30.9. The molecule has 7 rings (SSSR count). The predicted octanol–water partition coefficient (Wildman–Crippen LogP) is 19.9. The van der Waals surface area contributed by atoms with Gasteiger partial charge >= 0.3 is 0 Å². The van der Waals surface area contributed by atoms with Gasteiger partial charge in [0.05, 0.1) is 70.5 Å². The highest BCUT2D eigenvalue weighted by Gasteiger charge is 2.38. The van der Waals surface area contributed by atoms with Crippen LogP contribution in [0.4, 0.5) is 0 Å². The maximum absolute atomic E-state index is 7.09. The van der Waals surface area contributed by atoms with Gasteiger partial charge in [0.15, 0.2) is 23.0 Å². The van der Waals surface area contributed by atoms with E-state index in [2.05, 4.69) is 164 Å². The Morgan fingerprint density at radius 1 is 0.520 bits per heavy atom. The summed E-state index contributed by atoms with van der Waals surface area (Å²) in [6.45, 7) is 41.1. The number of hydrogen-bond acceptors (Lipinski definition) is 8. The molecule has 0 saturated heterocycles. The number of nitrogens with zero attached hydrogens (tertiary/aromatic N) is 1. The minimum Gasteiger partial charge on any atom is -0.493 e. The van der Waals surface area contributed by atoms with E-state index in [1.54, 1.807) is 11.3 Å². The van der Waals surface area contributed by atoms with Crippen molar-refractivity contribution in [1.82, 2.24) is 4.57 Å². The zero-order valence-corrected chi connectivity index (χ0v) is 51.1. The minimum atomic E-state index is -0.196. The van der Waals surface area contributed by atoms with E-state index in [1.165, 1.54) is 61.8 Å². The standard InChI is InChI=1S/C66H97NO6S2/c1-17-23-26-44(20-4)37-67-51(31-32-52(67)61-57-58(62(75-61)64(10,11)12)73-43-66(15,16)42-72-57)60-56-55(70-40-65(13,14)41-71-56)59(74-60)47-29-33-53(68-38-45(21-5)27-24-18-2)49(35-47)50-36-48(63(7,8)9)30-34-54(50)69-39-46(22-6)28-25-19-3/h29-36,44-46H,17-28,37-43H2,1-16H3. The van der Waals surface area contributed by atoms with Crippen LogP contribution in [-0.2, 0) is 17.4 Å². The Labute approximate surface area is 462 Å². The third-order valence-corrected chi connectivity index (χ3v) is 18.4. The second-order valence-electron chi connectivity index (χ2n) is 25.8. The lowest BCUT2D eigenvalue weighted by molar-refractivity contribution is 0.139. The second-order valence-corrected chi connectivity index (χ2v) is 27.9. The Kier molecular flexibility index (Phi) is 19.6. The van der Waals surface area contributed by atoms with Crippen LogP contribution in [0, 0.1) is 28.6 Å². The molecule has 3 unspecified atom stereocenters. The summed E-state index contributed by atoms with van der Waals surface area (Å²) < 4.78 is 44.4. The van der Waals surface area contributed by atoms with Gasteiger partial charge in [-0.25, -0.2) is 0 Å². The first-order valence-electron chi connectivity index (χ1n) is 29.3. The van der Waals surface area contributed by atoms with Crippen LogP contribution in [0.25, 0.3) is 42.7 Å². The lowest BCUT2D eigenvalue weighted by Gasteiger charge is -2.24. The highest BCUT2D eigenvalue weighted by Crippen LogP contribution is 2.58. The van der Waals surface area contributed by atoms with E-state index in [4.69, 9.17) is 28.4 Å². The molecule has 0 radical (unpaired) electrons. The van der Waals surface area contributed by atoms with Crippen LogP contribution in [0.3, 0.4) is 0 Å². The molecule has 2 aliphatic rings. The minimum absolute atomic E-state index is 0.0722. The largest absolute Gasteiger partial charge is 0.493 e. The Bertz CT molecular complexity index is 2630. The zero-order chi connectivity index (χ0) is 54.3. The molecule has 7 nitrogen and oxygen atoms in total. The van der Waals surface area contributed by atoms with Gasteiger partial charge in [-0.15, -0.1) is 22.7 Å². The molecule has 0 amide bonds. The summed E-state index contributed by atoms with van der Waals surface area (Å²) in [4.78, 5) is 4.51. The molecule has 0 aliphatic carbocycles. The lowest BCUT2D eigenvalue weighted by Crippen LogP contribution is -2.26. The first kappa shape index (κ1) is 58.6. The van der Waals surface area contributed by atoms with Gasteiger partial charge in [0.25, 0.3) is 0 Å². The molecule has 0 spiro atoms. The van der Waals surface area contributed by atoms with E-state index in [1.807, 2.05) is 11.3 Å². The summed E-state index contributed by atoms with van der Waals surface area (Å²) in [5.41, 5.74) is 6.25. The fourth-order valence-corrected chi connectivity index (χ4v) is 12.8. The van der Waals surface area contributed by atoms with Gasteiger partial charge in [-0.2, -0.15) is 0 Å². The van der Waals surface area contributed by atoms with Gasteiger partial charge in [-0.3, -0.25) is 0 Å². The van der Waals surface area contributed by atoms with Crippen LogP contribution in [0.2, 0.25) is 0 Å². The fraction of sp³-hybridized carbons (Fsp3) is 0.636. The van der Waals surface area contributed by atoms with Crippen molar-refractivity contribution >= 4 is 22.7 Å². The van der Waals surface area contributed by atoms with E-state index < -0.39 is 0 Å². The smallest absolute Gasteiger partial charge is 0.182 e. The molecule has 9 heteroatoms. The van der Waals surface area contributed by atoms with Crippen LogP contribution in [-0.4, -0.2) is 44.2 Å². The predicted molar refractivity (Wildman–Crippen MR) is 320 cm³/mol. The van der Waals surface area contributed by atoms with E-state index in [9.17, 15) is 0 Å². The quantitative estimate of drug-likeness (QED) is 0.0614. The molecule has 75 heavy (non-hydrogen) atoms. The Hall–Kier alpha value is -4.08. The van der Waals surface area contributed by atoms with E-state index in [0.29, 0.717) is 57.4 Å². The molecule has 0 saturated carbocycles. The lowest BCUT2D eigenvalue weighted by atomic mass is 9.85. The van der Waals surface area contributed by atoms with Crippen LogP contribution >= 0.6 is 22.7 Å². The van der Waals surface area contributed by atoms with Crippen molar-refractivity contribution in [1.29, 1.82) is 0 Å². The summed E-state index contributed by atoms with van der Waals surface area (Å²) in [6.07, 6.45) is 13.9. The van der Waals surface area contributed by atoms with Gasteiger partial charge in [-0.05, 0) is 96.0 Å². The molecule has 5 heterocycles. The van der Waals surface area contributed by atoms with Crippen molar-refractivity contribution in [2.45, 2.75) is 205 Å². The average Bonchev–Trinajstić information content (AvgIpc) is 4.01. The number of rotatable bonds is 24. The van der Waals surface area contributed by atoms with Crippen molar-refractivity contribution < 1.29 is 28.4 Å². The SMILES string of the molecule is CCCCC(CC)COc1ccc(-c2sc(-c3ccc(-c4sc(C(C)(C)C)c5c4OCC(C)(C)CO5)n3CC(CC)CCCC)c3c2OCC(C)(C)CO3)cc1-c1cc(C(C)(C)C)ccc1OCC(CC)CCCC. The normalized spacial score (nSPS) is 16.5. The maximum Gasteiger partial charge on any atom is 0.182 e.